The first kappa shape index (κ1) is 22.6. The van der Waals surface area contributed by atoms with Gasteiger partial charge in [0.15, 0.2) is 15.7 Å². The maximum Gasteiger partial charge on any atom is 0.178 e. The second-order valence-electron chi connectivity index (χ2n) is 8.01. The van der Waals surface area contributed by atoms with Crippen LogP contribution in [-0.4, -0.2) is 28.7 Å². The Bertz CT molecular complexity index is 1150. The molecule has 0 amide bonds. The number of rotatable bonds is 8. The number of fused-ring (bicyclic) bond motifs is 1. The molecule has 1 aromatic carbocycles. The van der Waals surface area contributed by atoms with Crippen molar-refractivity contribution in [1.29, 1.82) is 0 Å². The largest absolute Gasteiger partial charge is 0.382 e. The number of nitrogen functional groups attached to an aromatic ring is 1. The summed E-state index contributed by atoms with van der Waals surface area (Å²) in [5.74, 6) is 1.83. The third-order valence-electron chi connectivity index (χ3n) is 5.41. The number of nitrogens with two attached hydrogens (primary N) is 1. The summed E-state index contributed by atoms with van der Waals surface area (Å²) < 4.78 is 27.2. The second-order valence-corrected chi connectivity index (χ2v) is 10.6. The fourth-order valence-electron chi connectivity index (χ4n) is 3.68. The fraction of sp³-hybridized carbons (Fsp3) is 0.455. The van der Waals surface area contributed by atoms with Crippen molar-refractivity contribution in [2.24, 2.45) is 0 Å². The van der Waals surface area contributed by atoms with Gasteiger partial charge in [-0.25, -0.2) is 18.4 Å². The van der Waals surface area contributed by atoms with Crippen LogP contribution in [0, 0.1) is 13.8 Å². The second kappa shape index (κ2) is 8.94. The van der Waals surface area contributed by atoms with Gasteiger partial charge in [0.25, 0.3) is 0 Å². The molecular weight excluding hydrogens is 420 g/mol. The van der Waals surface area contributed by atoms with E-state index in [2.05, 4.69) is 23.4 Å². The Hall–Kier alpha value is -2.12. The monoisotopic (exact) mass is 448 g/mol. The lowest BCUT2D eigenvalue weighted by atomic mass is 10.1. The lowest BCUT2D eigenvalue weighted by molar-refractivity contribution is 0.565. The highest BCUT2D eigenvalue weighted by Gasteiger charge is 2.19. The van der Waals surface area contributed by atoms with Crippen molar-refractivity contribution in [2.45, 2.75) is 64.3 Å². The molecule has 0 radical (unpaired) electrons. The molecule has 0 aliphatic heterocycles. The minimum atomic E-state index is -3.29. The Balaban J connectivity index is 1.70. The smallest absolute Gasteiger partial charge is 0.178 e. The van der Waals surface area contributed by atoms with Gasteiger partial charge in [-0.3, -0.25) is 0 Å². The molecule has 0 aliphatic rings. The van der Waals surface area contributed by atoms with Crippen molar-refractivity contribution in [1.82, 2.24) is 14.5 Å². The van der Waals surface area contributed by atoms with Gasteiger partial charge in [-0.1, -0.05) is 31.9 Å². The molecule has 30 heavy (non-hydrogen) atoms. The first-order valence-corrected chi connectivity index (χ1v) is 12.3. The predicted octanol–water partition coefficient (Wildman–Crippen LogP) is 5.05. The summed E-state index contributed by atoms with van der Waals surface area (Å²) in [5, 5.41) is 0.531. The third kappa shape index (κ3) is 4.62. The van der Waals surface area contributed by atoms with Crippen molar-refractivity contribution in [3.63, 3.8) is 0 Å². The standard InChI is InChI=1S/C22H29ClN4O2S/c1-14(2)22-26-19-20(15(3)16(4)25-21(19)24)27(22)12-6-5-7-13-30(28,29)18-10-8-17(23)9-11-18/h8-11,14H,5-7,12-13H2,1-4H3,(H2,24,25). The summed E-state index contributed by atoms with van der Waals surface area (Å²) in [7, 11) is -3.29. The zero-order chi connectivity index (χ0) is 22.1. The quantitative estimate of drug-likeness (QED) is 0.487. The van der Waals surface area contributed by atoms with E-state index in [1.165, 1.54) is 0 Å². The number of anilines is 1. The highest BCUT2D eigenvalue weighted by molar-refractivity contribution is 7.91. The molecule has 0 saturated carbocycles. The summed E-state index contributed by atoms with van der Waals surface area (Å²) in [6, 6.07) is 6.34. The molecule has 8 heteroatoms. The van der Waals surface area contributed by atoms with E-state index >= 15 is 0 Å². The zero-order valence-corrected chi connectivity index (χ0v) is 19.5. The summed E-state index contributed by atoms with van der Waals surface area (Å²) in [6.07, 6.45) is 2.28. The van der Waals surface area contributed by atoms with Crippen LogP contribution in [0.15, 0.2) is 29.2 Å². The molecule has 0 fully saturated rings. The first-order chi connectivity index (χ1) is 14.1. The van der Waals surface area contributed by atoms with Gasteiger partial charge in [0.2, 0.25) is 0 Å². The SMILES string of the molecule is Cc1nc(N)c2nc(C(C)C)n(CCCCCS(=O)(=O)c3ccc(Cl)cc3)c2c1C. The van der Waals surface area contributed by atoms with E-state index in [1.54, 1.807) is 24.3 Å². The lowest BCUT2D eigenvalue weighted by Gasteiger charge is -2.13. The average Bonchev–Trinajstić information content (AvgIpc) is 3.07. The fourth-order valence-corrected chi connectivity index (χ4v) is 5.18. The number of nitrogens with zero attached hydrogens (tertiary/aromatic N) is 3. The molecule has 0 bridgehead atoms. The van der Waals surface area contributed by atoms with Crippen molar-refractivity contribution < 1.29 is 8.42 Å². The molecule has 6 nitrogen and oxygen atoms in total. The molecule has 0 aliphatic carbocycles. The van der Waals surface area contributed by atoms with Crippen LogP contribution in [0.4, 0.5) is 5.82 Å². The normalized spacial score (nSPS) is 12.2. The Labute approximate surface area is 183 Å². The Kier molecular flexibility index (Phi) is 6.72. The van der Waals surface area contributed by atoms with Gasteiger partial charge in [-0.2, -0.15) is 0 Å². The topological polar surface area (TPSA) is 90.9 Å². The molecule has 162 valence electrons. The molecule has 3 rings (SSSR count). The molecule has 2 N–H and O–H groups in total. The van der Waals surface area contributed by atoms with Gasteiger partial charge in [-0.05, 0) is 56.5 Å². The number of pyridine rings is 1. The van der Waals surface area contributed by atoms with Crippen molar-refractivity contribution in [3.8, 4) is 0 Å². The van der Waals surface area contributed by atoms with Crippen molar-refractivity contribution in [3.05, 3.63) is 46.4 Å². The van der Waals surface area contributed by atoms with E-state index < -0.39 is 9.84 Å². The van der Waals surface area contributed by atoms with Crippen LogP contribution in [0.1, 0.15) is 56.1 Å². The number of halogens is 1. The van der Waals surface area contributed by atoms with Gasteiger partial charge in [-0.15, -0.1) is 0 Å². The van der Waals surface area contributed by atoms with Crippen molar-refractivity contribution >= 4 is 38.3 Å². The van der Waals surface area contributed by atoms with E-state index in [4.69, 9.17) is 22.3 Å². The molecule has 0 unspecified atom stereocenters. The van der Waals surface area contributed by atoms with E-state index in [1.807, 2.05) is 13.8 Å². The van der Waals surface area contributed by atoms with Gasteiger partial charge >= 0.3 is 0 Å². The maximum atomic E-state index is 12.5. The number of sulfone groups is 1. The minimum absolute atomic E-state index is 0.130. The highest BCUT2D eigenvalue weighted by atomic mass is 35.5. The lowest BCUT2D eigenvalue weighted by Crippen LogP contribution is -2.09. The Morgan fingerprint density at radius 1 is 1.07 bits per heavy atom. The summed E-state index contributed by atoms with van der Waals surface area (Å²) in [4.78, 5) is 9.50. The summed E-state index contributed by atoms with van der Waals surface area (Å²) in [6.45, 7) is 9.00. The van der Waals surface area contributed by atoms with Crippen LogP contribution in [0.2, 0.25) is 5.02 Å². The number of imidazole rings is 1. The number of aryl methyl sites for hydroxylation is 3. The van der Waals surface area contributed by atoms with E-state index in [-0.39, 0.29) is 11.7 Å². The number of aromatic nitrogens is 3. The number of hydrogen-bond acceptors (Lipinski definition) is 5. The Morgan fingerprint density at radius 2 is 1.73 bits per heavy atom. The van der Waals surface area contributed by atoms with Crippen LogP contribution in [-0.2, 0) is 16.4 Å². The van der Waals surface area contributed by atoms with Crippen LogP contribution in [0.5, 0.6) is 0 Å². The number of unbranched alkanes of at least 4 members (excludes halogenated alkanes) is 2. The molecule has 0 atom stereocenters. The van der Waals surface area contributed by atoms with Gasteiger partial charge < -0.3 is 10.3 Å². The highest BCUT2D eigenvalue weighted by Crippen LogP contribution is 2.29. The van der Waals surface area contributed by atoms with Crippen LogP contribution in [0.3, 0.4) is 0 Å². The summed E-state index contributed by atoms with van der Waals surface area (Å²) in [5.41, 5.74) is 9.93. The maximum absolute atomic E-state index is 12.5. The number of benzene rings is 1. The van der Waals surface area contributed by atoms with Crippen LogP contribution >= 0.6 is 11.6 Å². The van der Waals surface area contributed by atoms with Gasteiger partial charge in [0.05, 0.1) is 16.2 Å². The van der Waals surface area contributed by atoms with Crippen LogP contribution < -0.4 is 5.73 Å². The zero-order valence-electron chi connectivity index (χ0n) is 17.9. The average molecular weight is 449 g/mol. The molecule has 3 aromatic rings. The molecular formula is C22H29ClN4O2S. The van der Waals surface area contributed by atoms with Gasteiger partial charge in [0, 0.05) is 23.2 Å². The summed E-state index contributed by atoms with van der Waals surface area (Å²) >= 11 is 5.85. The van der Waals surface area contributed by atoms with E-state index in [0.717, 1.165) is 47.5 Å². The van der Waals surface area contributed by atoms with Crippen molar-refractivity contribution in [2.75, 3.05) is 11.5 Å². The molecule has 2 aromatic heterocycles. The van der Waals surface area contributed by atoms with E-state index in [9.17, 15) is 8.42 Å². The van der Waals surface area contributed by atoms with Gasteiger partial charge in [0.1, 0.15) is 11.3 Å². The third-order valence-corrected chi connectivity index (χ3v) is 7.48. The molecule has 0 spiro atoms. The Morgan fingerprint density at radius 3 is 2.37 bits per heavy atom. The van der Waals surface area contributed by atoms with E-state index in [0.29, 0.717) is 22.2 Å². The molecule has 2 heterocycles. The predicted molar refractivity (Wildman–Crippen MR) is 123 cm³/mol. The number of hydrogen-bond donors (Lipinski definition) is 1. The minimum Gasteiger partial charge on any atom is -0.382 e. The first-order valence-electron chi connectivity index (χ1n) is 10.2. The van der Waals surface area contributed by atoms with Crippen LogP contribution in [0.25, 0.3) is 11.0 Å². The molecule has 0 saturated heterocycles.